The molecule has 0 radical (unpaired) electrons. The summed E-state index contributed by atoms with van der Waals surface area (Å²) in [7, 11) is 1.41. The molecule has 0 unspecified atom stereocenters. The Morgan fingerprint density at radius 1 is 1.03 bits per heavy atom. The van der Waals surface area contributed by atoms with Crippen molar-refractivity contribution in [3.8, 4) is 23.0 Å². The van der Waals surface area contributed by atoms with Crippen LogP contribution in [0.25, 0.3) is 12.2 Å². The molecular formula is C20H22O11. The number of aliphatic hydroxyl groups excluding tert-OH is 4. The van der Waals surface area contributed by atoms with Crippen molar-refractivity contribution in [1.29, 1.82) is 0 Å². The lowest BCUT2D eigenvalue weighted by molar-refractivity contribution is -0.278. The van der Waals surface area contributed by atoms with Crippen LogP contribution >= 0.6 is 0 Å². The lowest BCUT2D eigenvalue weighted by atomic mass is 9.99. The van der Waals surface area contributed by atoms with Gasteiger partial charge in [-0.2, -0.15) is 0 Å². The van der Waals surface area contributed by atoms with Gasteiger partial charge in [-0.3, -0.25) is 0 Å². The maximum Gasteiger partial charge on any atom is 0.383 e. The predicted octanol–water partition coefficient (Wildman–Crippen LogP) is -0.591. The molecule has 2 heterocycles. The third-order valence-corrected chi connectivity index (χ3v) is 4.63. The second-order valence-corrected chi connectivity index (χ2v) is 6.73. The zero-order valence-corrected chi connectivity index (χ0v) is 16.3. The van der Waals surface area contributed by atoms with Crippen LogP contribution in [0.15, 0.2) is 33.5 Å². The normalized spacial score (nSPS) is 26.2. The smallest absolute Gasteiger partial charge is 0.383 e. The fraction of sp³-hybridized carbons (Fsp3) is 0.350. The summed E-state index contributed by atoms with van der Waals surface area (Å²) in [5.74, 6) is -1.17. The van der Waals surface area contributed by atoms with Crippen LogP contribution in [0, 0.1) is 0 Å². The molecule has 1 aromatic heterocycles. The number of phenolic OH excluding ortho intramolecular Hbond substituents is 1. The Morgan fingerprint density at radius 3 is 2.39 bits per heavy atom. The molecule has 1 fully saturated rings. The summed E-state index contributed by atoms with van der Waals surface area (Å²) in [5, 5.41) is 58.7. The van der Waals surface area contributed by atoms with E-state index in [1.54, 1.807) is 12.1 Å². The zero-order chi connectivity index (χ0) is 22.7. The van der Waals surface area contributed by atoms with Crippen molar-refractivity contribution in [3.63, 3.8) is 0 Å². The molecule has 11 nitrogen and oxygen atoms in total. The Balaban J connectivity index is 1.79. The minimum atomic E-state index is -1.76. The Labute approximate surface area is 175 Å². The first-order valence-electron chi connectivity index (χ1n) is 9.14. The van der Waals surface area contributed by atoms with Gasteiger partial charge in [0, 0.05) is 6.07 Å². The summed E-state index contributed by atoms with van der Waals surface area (Å²) in [6.45, 7) is -0.684. The molecule has 3 rings (SSSR count). The van der Waals surface area contributed by atoms with Crippen molar-refractivity contribution >= 4 is 12.2 Å². The van der Waals surface area contributed by atoms with E-state index in [-0.39, 0.29) is 17.3 Å². The molecule has 1 saturated heterocycles. The topological polar surface area (TPSA) is 179 Å². The fourth-order valence-corrected chi connectivity index (χ4v) is 2.95. The van der Waals surface area contributed by atoms with Gasteiger partial charge in [-0.25, -0.2) is 4.79 Å². The van der Waals surface area contributed by atoms with E-state index >= 15 is 0 Å². The van der Waals surface area contributed by atoms with Crippen molar-refractivity contribution < 1.29 is 49.3 Å². The summed E-state index contributed by atoms with van der Waals surface area (Å²) < 4.78 is 20.3. The van der Waals surface area contributed by atoms with Gasteiger partial charge in [0.1, 0.15) is 30.2 Å². The van der Waals surface area contributed by atoms with Crippen molar-refractivity contribution in [2.75, 3.05) is 13.7 Å². The number of aromatic hydroxyl groups is 2. The van der Waals surface area contributed by atoms with Crippen molar-refractivity contribution in [1.82, 2.24) is 0 Å². The van der Waals surface area contributed by atoms with Gasteiger partial charge in [-0.1, -0.05) is 12.1 Å². The van der Waals surface area contributed by atoms with E-state index in [0.717, 1.165) is 6.07 Å². The first-order chi connectivity index (χ1) is 14.7. The number of rotatable bonds is 6. The van der Waals surface area contributed by atoms with E-state index < -0.39 is 54.4 Å². The largest absolute Gasteiger partial charge is 0.504 e. The summed E-state index contributed by atoms with van der Waals surface area (Å²) in [6, 6.07) is 5.67. The lowest BCUT2D eigenvalue weighted by Crippen LogP contribution is -2.60. The van der Waals surface area contributed by atoms with E-state index in [2.05, 4.69) is 0 Å². The van der Waals surface area contributed by atoms with E-state index in [4.69, 9.17) is 18.6 Å². The molecule has 6 N–H and O–H groups in total. The molecule has 31 heavy (non-hydrogen) atoms. The van der Waals surface area contributed by atoms with Gasteiger partial charge in [0.25, 0.3) is 0 Å². The molecule has 1 aliphatic rings. The third kappa shape index (κ3) is 4.81. The highest BCUT2D eigenvalue weighted by Gasteiger charge is 2.45. The molecule has 0 aliphatic carbocycles. The number of ether oxygens (including phenoxy) is 3. The SMILES string of the molecule is COc1ccc(/C=C/c2cc(O)c(O[C@@H]3O[C@H](CO)[C@@H](O)[C@H](O)[C@H]3O)c(=O)o2)cc1O. The Hall–Kier alpha value is -3.09. The maximum absolute atomic E-state index is 12.2. The molecule has 0 amide bonds. The van der Waals surface area contributed by atoms with Gasteiger partial charge in [0.05, 0.1) is 13.7 Å². The lowest BCUT2D eigenvalue weighted by Gasteiger charge is -2.39. The molecule has 0 spiro atoms. The van der Waals surface area contributed by atoms with Gasteiger partial charge in [-0.05, 0) is 23.8 Å². The van der Waals surface area contributed by atoms with Gasteiger partial charge in [-0.15, -0.1) is 0 Å². The van der Waals surface area contributed by atoms with Crippen LogP contribution in [0.2, 0.25) is 0 Å². The van der Waals surface area contributed by atoms with E-state index in [0.29, 0.717) is 5.56 Å². The van der Waals surface area contributed by atoms with Crippen LogP contribution in [0.4, 0.5) is 0 Å². The number of benzene rings is 1. The average Bonchev–Trinajstić information content (AvgIpc) is 2.74. The number of hydrogen-bond donors (Lipinski definition) is 6. The Kier molecular flexibility index (Phi) is 6.83. The first-order valence-corrected chi connectivity index (χ1v) is 9.14. The molecule has 2 aromatic rings. The second-order valence-electron chi connectivity index (χ2n) is 6.73. The quantitative estimate of drug-likeness (QED) is 0.339. The minimum absolute atomic E-state index is 0.0426. The summed E-state index contributed by atoms with van der Waals surface area (Å²) in [4.78, 5) is 12.2. The van der Waals surface area contributed by atoms with Crippen LogP contribution in [0.3, 0.4) is 0 Å². The Morgan fingerprint density at radius 2 is 1.77 bits per heavy atom. The summed E-state index contributed by atoms with van der Waals surface area (Å²) in [6.07, 6.45) is -5.12. The highest BCUT2D eigenvalue weighted by Crippen LogP contribution is 2.30. The molecule has 0 bridgehead atoms. The highest BCUT2D eigenvalue weighted by molar-refractivity contribution is 5.69. The summed E-state index contributed by atoms with van der Waals surface area (Å²) in [5.41, 5.74) is -0.545. The van der Waals surface area contributed by atoms with E-state index in [1.165, 1.54) is 25.3 Å². The van der Waals surface area contributed by atoms with Crippen molar-refractivity contribution in [3.05, 3.63) is 46.0 Å². The highest BCUT2D eigenvalue weighted by atomic mass is 16.7. The monoisotopic (exact) mass is 438 g/mol. The van der Waals surface area contributed by atoms with Crippen molar-refractivity contribution in [2.24, 2.45) is 0 Å². The molecule has 11 heteroatoms. The van der Waals surface area contributed by atoms with Crippen LogP contribution in [0.5, 0.6) is 23.0 Å². The number of phenols is 1. The second kappa shape index (κ2) is 9.37. The van der Waals surface area contributed by atoms with Crippen LogP contribution in [-0.2, 0) is 4.74 Å². The number of hydrogen-bond acceptors (Lipinski definition) is 11. The van der Waals surface area contributed by atoms with Crippen LogP contribution in [0.1, 0.15) is 11.3 Å². The molecule has 1 aromatic carbocycles. The minimum Gasteiger partial charge on any atom is -0.504 e. The number of methoxy groups -OCH3 is 1. The van der Waals surface area contributed by atoms with Gasteiger partial charge in [0.2, 0.25) is 12.0 Å². The first kappa shape index (κ1) is 22.6. The van der Waals surface area contributed by atoms with Crippen LogP contribution in [-0.4, -0.2) is 75.1 Å². The van der Waals surface area contributed by atoms with Gasteiger partial charge >= 0.3 is 5.63 Å². The Bertz CT molecular complexity index is 997. The summed E-state index contributed by atoms with van der Waals surface area (Å²) >= 11 is 0. The van der Waals surface area contributed by atoms with Gasteiger partial charge in [0.15, 0.2) is 17.2 Å². The molecule has 1 aliphatic heterocycles. The molecule has 0 saturated carbocycles. The fourth-order valence-electron chi connectivity index (χ4n) is 2.95. The third-order valence-electron chi connectivity index (χ3n) is 4.63. The zero-order valence-electron chi connectivity index (χ0n) is 16.3. The predicted molar refractivity (Wildman–Crippen MR) is 105 cm³/mol. The average molecular weight is 438 g/mol. The van der Waals surface area contributed by atoms with Crippen LogP contribution < -0.4 is 15.1 Å². The molecule has 5 atom stereocenters. The van der Waals surface area contributed by atoms with Crippen molar-refractivity contribution in [2.45, 2.75) is 30.7 Å². The maximum atomic E-state index is 12.2. The molecular weight excluding hydrogens is 416 g/mol. The van der Waals surface area contributed by atoms with E-state index in [1.807, 2.05) is 0 Å². The molecule has 168 valence electrons. The number of aliphatic hydroxyl groups is 4. The van der Waals surface area contributed by atoms with E-state index in [9.17, 15) is 35.4 Å². The standard InChI is InChI=1S/C20H22O11/c1-28-13-5-3-9(6-11(13)22)2-4-10-7-12(23)18(19(27)29-10)31-20-17(26)16(25)15(24)14(8-21)30-20/h2-7,14-17,20-26H,8H2,1H3/b4-2+/t14-,15-,16+,17-,20+/m1/s1. The van der Waals surface area contributed by atoms with Gasteiger partial charge < -0.3 is 49.3 Å².